The van der Waals surface area contributed by atoms with Crippen LogP contribution in [0.5, 0.6) is 5.75 Å². The second-order valence-electron chi connectivity index (χ2n) is 9.37. The number of hydroxylamine groups is 2. The van der Waals surface area contributed by atoms with Gasteiger partial charge in [-0.25, -0.2) is 0 Å². The third-order valence-electron chi connectivity index (χ3n) is 7.20. The fraction of sp³-hybridized carbons (Fsp3) is 0.500. The van der Waals surface area contributed by atoms with Crippen molar-refractivity contribution in [3.05, 3.63) is 52.2 Å². The van der Waals surface area contributed by atoms with Crippen LogP contribution in [-0.2, 0) is 25.6 Å². The monoisotopic (exact) mass is 497 g/mol. The fourth-order valence-corrected chi connectivity index (χ4v) is 6.32. The average Bonchev–Trinajstić information content (AvgIpc) is 3.58. The fourth-order valence-electron chi connectivity index (χ4n) is 5.44. The lowest BCUT2D eigenvalue weighted by Gasteiger charge is -2.32. The number of thiophene rings is 1. The van der Waals surface area contributed by atoms with Crippen molar-refractivity contribution in [3.63, 3.8) is 0 Å². The van der Waals surface area contributed by atoms with E-state index in [9.17, 15) is 14.4 Å². The highest BCUT2D eigenvalue weighted by Crippen LogP contribution is 2.46. The summed E-state index contributed by atoms with van der Waals surface area (Å²) < 4.78 is 5.18. The van der Waals surface area contributed by atoms with Crippen LogP contribution in [0.3, 0.4) is 0 Å². The molecule has 3 atom stereocenters. The minimum absolute atomic E-state index is 0.0309. The number of likely N-dealkylation sites (tertiary alicyclic amines) is 1. The Morgan fingerprint density at radius 3 is 2.57 bits per heavy atom. The Balaban J connectivity index is 1.24. The summed E-state index contributed by atoms with van der Waals surface area (Å²) in [4.78, 5) is 48.0. The third-order valence-corrected chi connectivity index (χ3v) is 8.14. The van der Waals surface area contributed by atoms with Gasteiger partial charge in [0.1, 0.15) is 12.3 Å². The molecule has 1 N–H and O–H groups in total. The van der Waals surface area contributed by atoms with Crippen LogP contribution in [0.2, 0.25) is 0 Å². The highest BCUT2D eigenvalue weighted by molar-refractivity contribution is 7.10. The standard InChI is InChI=1S/C26H31N3O5S/c1-33-19-11-9-17(10-12-19)13-14-27-21(30)16-28-23(20-8-5-15-35-20)22-24(34-28)26(32)29(25(22)31)18-6-3-2-4-7-18/h5,8-12,15,18,22-24H,2-4,6-7,13-14,16H2,1H3,(H,27,30). The van der Waals surface area contributed by atoms with Crippen LogP contribution >= 0.6 is 11.3 Å². The zero-order valence-electron chi connectivity index (χ0n) is 19.9. The summed E-state index contributed by atoms with van der Waals surface area (Å²) in [7, 11) is 1.63. The predicted octanol–water partition coefficient (Wildman–Crippen LogP) is 3.09. The van der Waals surface area contributed by atoms with Gasteiger partial charge in [0.05, 0.1) is 19.1 Å². The summed E-state index contributed by atoms with van der Waals surface area (Å²) in [6.45, 7) is 0.436. The predicted molar refractivity (Wildman–Crippen MR) is 131 cm³/mol. The highest BCUT2D eigenvalue weighted by atomic mass is 32.1. The molecule has 35 heavy (non-hydrogen) atoms. The lowest BCUT2D eigenvalue weighted by atomic mass is 9.93. The zero-order valence-corrected chi connectivity index (χ0v) is 20.7. The zero-order chi connectivity index (χ0) is 24.4. The van der Waals surface area contributed by atoms with E-state index < -0.39 is 18.1 Å². The van der Waals surface area contributed by atoms with Crippen LogP contribution < -0.4 is 10.1 Å². The molecule has 3 heterocycles. The lowest BCUT2D eigenvalue weighted by molar-refractivity contribution is -0.183. The van der Waals surface area contributed by atoms with Gasteiger partial charge in [-0.2, -0.15) is 5.06 Å². The Hall–Kier alpha value is -2.75. The van der Waals surface area contributed by atoms with Gasteiger partial charge in [-0.3, -0.25) is 24.1 Å². The van der Waals surface area contributed by atoms with Gasteiger partial charge in [-0.05, 0) is 48.4 Å². The molecule has 3 unspecified atom stereocenters. The molecule has 3 amide bonds. The smallest absolute Gasteiger partial charge is 0.261 e. The van der Waals surface area contributed by atoms with Crippen molar-refractivity contribution in [2.45, 2.75) is 56.7 Å². The van der Waals surface area contributed by atoms with E-state index in [0.717, 1.165) is 48.3 Å². The van der Waals surface area contributed by atoms with E-state index in [-0.39, 0.29) is 30.3 Å². The van der Waals surface area contributed by atoms with Crippen LogP contribution in [0.1, 0.15) is 48.6 Å². The quantitative estimate of drug-likeness (QED) is 0.564. The summed E-state index contributed by atoms with van der Waals surface area (Å²) in [5.41, 5.74) is 1.09. The Morgan fingerprint density at radius 1 is 1.11 bits per heavy atom. The molecule has 8 nitrogen and oxygen atoms in total. The van der Waals surface area contributed by atoms with E-state index in [0.29, 0.717) is 13.0 Å². The van der Waals surface area contributed by atoms with Gasteiger partial charge < -0.3 is 10.1 Å². The van der Waals surface area contributed by atoms with Crippen molar-refractivity contribution in [1.82, 2.24) is 15.3 Å². The lowest BCUT2D eigenvalue weighted by Crippen LogP contribution is -2.45. The number of ether oxygens (including phenoxy) is 1. The third kappa shape index (κ3) is 4.85. The SMILES string of the molecule is COc1ccc(CCNC(=O)CN2OC3C(=O)N(C4CCCCC4)C(=O)C3C2c2cccs2)cc1. The first-order valence-electron chi connectivity index (χ1n) is 12.3. The maximum atomic E-state index is 13.5. The number of nitrogens with zero attached hydrogens (tertiary/aromatic N) is 2. The molecule has 2 aromatic rings. The Morgan fingerprint density at radius 2 is 1.89 bits per heavy atom. The van der Waals surface area contributed by atoms with Crippen molar-refractivity contribution in [2.24, 2.45) is 5.92 Å². The van der Waals surface area contributed by atoms with E-state index in [1.54, 1.807) is 7.11 Å². The summed E-state index contributed by atoms with van der Waals surface area (Å²) in [5, 5.41) is 6.41. The average molecular weight is 498 g/mol. The van der Waals surface area contributed by atoms with E-state index in [1.165, 1.54) is 21.3 Å². The maximum Gasteiger partial charge on any atom is 0.261 e. The normalized spacial score (nSPS) is 25.2. The molecule has 1 aromatic carbocycles. The van der Waals surface area contributed by atoms with Crippen molar-refractivity contribution in [3.8, 4) is 5.75 Å². The number of nitrogens with one attached hydrogen (secondary N) is 1. The number of benzene rings is 1. The molecule has 0 spiro atoms. The molecule has 9 heteroatoms. The van der Waals surface area contributed by atoms with Crippen molar-refractivity contribution >= 4 is 29.1 Å². The minimum atomic E-state index is -0.858. The van der Waals surface area contributed by atoms with Crippen LogP contribution in [0.15, 0.2) is 41.8 Å². The Kier molecular flexibility index (Phi) is 7.17. The number of carbonyl (C=O) groups excluding carboxylic acids is 3. The number of hydrogen-bond donors (Lipinski definition) is 1. The molecule has 2 saturated heterocycles. The summed E-state index contributed by atoms with van der Waals surface area (Å²) in [5.74, 6) is -0.442. The van der Waals surface area contributed by atoms with Gasteiger partial charge in [0, 0.05) is 17.5 Å². The molecular weight excluding hydrogens is 466 g/mol. The van der Waals surface area contributed by atoms with Gasteiger partial charge in [-0.1, -0.05) is 37.5 Å². The number of carbonyl (C=O) groups is 3. The van der Waals surface area contributed by atoms with E-state index in [4.69, 9.17) is 9.57 Å². The summed E-state index contributed by atoms with van der Waals surface area (Å²) in [6, 6.07) is 11.1. The molecule has 3 fully saturated rings. The largest absolute Gasteiger partial charge is 0.497 e. The number of imide groups is 1. The summed E-state index contributed by atoms with van der Waals surface area (Å²) >= 11 is 1.51. The number of amides is 3. The molecule has 3 aliphatic rings. The Labute approximate surface area is 209 Å². The first-order valence-corrected chi connectivity index (χ1v) is 13.2. The van der Waals surface area contributed by atoms with Crippen LogP contribution in [0, 0.1) is 5.92 Å². The summed E-state index contributed by atoms with van der Waals surface area (Å²) in [6.07, 6.45) is 4.77. The Bertz CT molecular complexity index is 1050. The number of hydrogen-bond acceptors (Lipinski definition) is 7. The van der Waals surface area contributed by atoms with E-state index in [2.05, 4.69) is 5.32 Å². The van der Waals surface area contributed by atoms with E-state index >= 15 is 0 Å². The topological polar surface area (TPSA) is 88.2 Å². The maximum absolute atomic E-state index is 13.5. The van der Waals surface area contributed by atoms with Crippen LogP contribution in [0.4, 0.5) is 0 Å². The van der Waals surface area contributed by atoms with Crippen molar-refractivity contribution in [1.29, 1.82) is 0 Å². The minimum Gasteiger partial charge on any atom is -0.497 e. The van der Waals surface area contributed by atoms with Gasteiger partial charge in [-0.15, -0.1) is 11.3 Å². The molecule has 0 radical (unpaired) electrons. The molecule has 1 saturated carbocycles. The van der Waals surface area contributed by atoms with Gasteiger partial charge in [0.15, 0.2) is 6.10 Å². The van der Waals surface area contributed by atoms with Crippen molar-refractivity contribution in [2.75, 3.05) is 20.2 Å². The second kappa shape index (κ2) is 10.5. The van der Waals surface area contributed by atoms with Crippen LogP contribution in [0.25, 0.3) is 0 Å². The van der Waals surface area contributed by atoms with Gasteiger partial charge in [0.25, 0.3) is 5.91 Å². The first kappa shape index (κ1) is 24.0. The first-order chi connectivity index (χ1) is 17.1. The molecule has 2 aliphatic heterocycles. The molecule has 1 aromatic heterocycles. The number of methoxy groups -OCH3 is 1. The number of rotatable bonds is 8. The molecule has 1 aliphatic carbocycles. The number of fused-ring (bicyclic) bond motifs is 1. The molecule has 5 rings (SSSR count). The van der Waals surface area contributed by atoms with Gasteiger partial charge >= 0.3 is 0 Å². The molecular formula is C26H31N3O5S. The van der Waals surface area contributed by atoms with E-state index in [1.807, 2.05) is 41.8 Å². The van der Waals surface area contributed by atoms with Crippen LogP contribution in [-0.4, -0.2) is 60.0 Å². The highest BCUT2D eigenvalue weighted by Gasteiger charge is 2.61. The molecule has 186 valence electrons. The van der Waals surface area contributed by atoms with Gasteiger partial charge in [0.2, 0.25) is 11.8 Å². The van der Waals surface area contributed by atoms with Crippen molar-refractivity contribution < 1.29 is 24.0 Å². The second-order valence-corrected chi connectivity index (χ2v) is 10.4. The molecule has 0 bridgehead atoms.